The minimum Gasteiger partial charge on any atom is -0.353 e. The Morgan fingerprint density at radius 3 is 2.76 bits per heavy atom. The fourth-order valence-corrected chi connectivity index (χ4v) is 4.22. The number of nitriles is 1. The van der Waals surface area contributed by atoms with Gasteiger partial charge in [0, 0.05) is 31.5 Å². The van der Waals surface area contributed by atoms with Gasteiger partial charge in [0.1, 0.15) is 6.07 Å². The lowest BCUT2D eigenvalue weighted by Crippen LogP contribution is -2.49. The van der Waals surface area contributed by atoms with Crippen molar-refractivity contribution in [1.29, 1.82) is 5.26 Å². The fourth-order valence-electron chi connectivity index (χ4n) is 2.61. The van der Waals surface area contributed by atoms with Crippen molar-refractivity contribution in [1.82, 2.24) is 14.7 Å². The van der Waals surface area contributed by atoms with Crippen LogP contribution in [-0.4, -0.2) is 42.8 Å². The van der Waals surface area contributed by atoms with E-state index in [1.807, 2.05) is 11.0 Å². The maximum atomic E-state index is 12.0. The van der Waals surface area contributed by atoms with Crippen LogP contribution in [0.2, 0.25) is 0 Å². The van der Waals surface area contributed by atoms with Crippen LogP contribution in [0.1, 0.15) is 31.4 Å². The third-order valence-electron chi connectivity index (χ3n) is 3.80. The monoisotopic (exact) mass is 307 g/mol. The fraction of sp³-hybridized carbons (Fsp3) is 0.615. The van der Waals surface area contributed by atoms with Crippen LogP contribution in [-0.2, 0) is 10.0 Å². The Kier molecular flexibility index (Phi) is 3.78. The zero-order chi connectivity index (χ0) is 14.9. The largest absolute Gasteiger partial charge is 0.353 e. The second kappa shape index (κ2) is 5.58. The molecule has 0 amide bonds. The molecule has 1 saturated heterocycles. The van der Waals surface area contributed by atoms with Gasteiger partial charge in [0.2, 0.25) is 10.0 Å². The van der Waals surface area contributed by atoms with E-state index in [1.165, 1.54) is 6.20 Å². The van der Waals surface area contributed by atoms with Crippen molar-refractivity contribution in [3.05, 3.63) is 18.1 Å². The van der Waals surface area contributed by atoms with E-state index < -0.39 is 10.0 Å². The summed E-state index contributed by atoms with van der Waals surface area (Å²) in [6.07, 6.45) is 6.22. The van der Waals surface area contributed by atoms with Gasteiger partial charge in [0.15, 0.2) is 11.5 Å². The molecule has 2 aliphatic rings. The van der Waals surface area contributed by atoms with Gasteiger partial charge in [-0.3, -0.25) is 0 Å². The molecule has 2 heterocycles. The summed E-state index contributed by atoms with van der Waals surface area (Å²) in [5, 5.41) is 8.88. The average Bonchev–Trinajstić information content (AvgIpc) is 3.32. The molecule has 1 aliphatic carbocycles. The van der Waals surface area contributed by atoms with E-state index >= 15 is 0 Å². The SMILES string of the molecule is N#Cc1nccnc1N1CCCC(NS(=O)(=O)C2CC2)C1. The van der Waals surface area contributed by atoms with Gasteiger partial charge < -0.3 is 4.90 Å². The standard InChI is InChI=1S/C13H17N5O2S/c14-8-12-13(16-6-5-15-12)18-7-1-2-10(9-18)17-21(19,20)11-3-4-11/h5-6,10-11,17H,1-4,7,9H2. The van der Waals surface area contributed by atoms with Gasteiger partial charge in [-0.05, 0) is 25.7 Å². The van der Waals surface area contributed by atoms with Crippen molar-refractivity contribution in [2.45, 2.75) is 37.0 Å². The van der Waals surface area contributed by atoms with Crippen LogP contribution in [0.15, 0.2) is 12.4 Å². The van der Waals surface area contributed by atoms with E-state index in [1.54, 1.807) is 6.20 Å². The minimum absolute atomic E-state index is 0.127. The maximum absolute atomic E-state index is 12.0. The Hall–Kier alpha value is -1.72. The number of nitrogens with one attached hydrogen (secondary N) is 1. The van der Waals surface area contributed by atoms with Crippen molar-refractivity contribution in [3.63, 3.8) is 0 Å². The first-order valence-corrected chi connectivity index (χ1v) is 8.62. The van der Waals surface area contributed by atoms with Crippen molar-refractivity contribution in [3.8, 4) is 6.07 Å². The smallest absolute Gasteiger partial charge is 0.214 e. The molecule has 112 valence electrons. The Labute approximate surface area is 124 Å². The van der Waals surface area contributed by atoms with Crippen LogP contribution in [0.4, 0.5) is 5.82 Å². The molecular weight excluding hydrogens is 290 g/mol. The van der Waals surface area contributed by atoms with Crippen LogP contribution in [0.3, 0.4) is 0 Å². The Balaban J connectivity index is 1.72. The lowest BCUT2D eigenvalue weighted by molar-refractivity contribution is 0.463. The molecular formula is C13H17N5O2S. The van der Waals surface area contributed by atoms with Crippen LogP contribution in [0, 0.1) is 11.3 Å². The lowest BCUT2D eigenvalue weighted by atomic mass is 10.1. The first kappa shape index (κ1) is 14.2. The van der Waals surface area contributed by atoms with E-state index in [4.69, 9.17) is 5.26 Å². The molecule has 1 atom stereocenters. The highest BCUT2D eigenvalue weighted by Crippen LogP contribution is 2.28. The number of aromatic nitrogens is 2. The predicted molar refractivity (Wildman–Crippen MR) is 77.1 cm³/mol. The molecule has 8 heteroatoms. The third-order valence-corrected chi connectivity index (χ3v) is 5.81. The summed E-state index contributed by atoms with van der Waals surface area (Å²) in [6, 6.07) is 1.90. The van der Waals surface area contributed by atoms with Crippen LogP contribution < -0.4 is 9.62 Å². The molecule has 1 saturated carbocycles. The number of rotatable bonds is 4. The highest BCUT2D eigenvalue weighted by atomic mass is 32.2. The second-order valence-electron chi connectivity index (χ2n) is 5.49. The molecule has 0 radical (unpaired) electrons. The van der Waals surface area contributed by atoms with Crippen molar-refractivity contribution in [2.24, 2.45) is 0 Å². The van der Waals surface area contributed by atoms with E-state index in [9.17, 15) is 8.42 Å². The first-order valence-electron chi connectivity index (χ1n) is 7.07. The number of nitrogens with zero attached hydrogens (tertiary/aromatic N) is 4. The van der Waals surface area contributed by atoms with Crippen LogP contribution in [0.5, 0.6) is 0 Å². The number of hydrogen-bond donors (Lipinski definition) is 1. The summed E-state index contributed by atoms with van der Waals surface area (Å²) >= 11 is 0. The summed E-state index contributed by atoms with van der Waals surface area (Å²) in [7, 11) is -3.19. The molecule has 1 unspecified atom stereocenters. The van der Waals surface area contributed by atoms with E-state index in [0.29, 0.717) is 12.4 Å². The molecule has 0 aromatic carbocycles. The minimum atomic E-state index is -3.19. The lowest BCUT2D eigenvalue weighted by Gasteiger charge is -2.33. The summed E-state index contributed by atoms with van der Waals surface area (Å²) in [5.41, 5.74) is 0.281. The number of sulfonamides is 1. The first-order chi connectivity index (χ1) is 10.1. The number of hydrogen-bond acceptors (Lipinski definition) is 6. The molecule has 3 rings (SSSR count). The van der Waals surface area contributed by atoms with Gasteiger partial charge in [0.05, 0.1) is 5.25 Å². The van der Waals surface area contributed by atoms with Gasteiger partial charge in [-0.1, -0.05) is 0 Å². The molecule has 7 nitrogen and oxygen atoms in total. The Morgan fingerprint density at radius 1 is 1.29 bits per heavy atom. The van der Waals surface area contributed by atoms with Gasteiger partial charge in [-0.25, -0.2) is 23.1 Å². The number of anilines is 1. The molecule has 2 fully saturated rings. The Bertz CT molecular complexity index is 665. The molecule has 21 heavy (non-hydrogen) atoms. The van der Waals surface area contributed by atoms with Gasteiger partial charge in [-0.15, -0.1) is 0 Å². The Morgan fingerprint density at radius 2 is 2.05 bits per heavy atom. The van der Waals surface area contributed by atoms with Crippen molar-refractivity contribution >= 4 is 15.8 Å². The van der Waals surface area contributed by atoms with E-state index in [2.05, 4.69) is 14.7 Å². The summed E-state index contributed by atoms with van der Waals surface area (Å²) in [5.74, 6) is 0.537. The average molecular weight is 307 g/mol. The molecule has 0 bridgehead atoms. The van der Waals surface area contributed by atoms with Crippen molar-refractivity contribution < 1.29 is 8.42 Å². The van der Waals surface area contributed by atoms with Crippen LogP contribution in [0.25, 0.3) is 0 Å². The van der Waals surface area contributed by atoms with E-state index in [-0.39, 0.29) is 17.0 Å². The van der Waals surface area contributed by atoms with Gasteiger partial charge >= 0.3 is 0 Å². The normalized spacial score (nSPS) is 22.8. The second-order valence-corrected chi connectivity index (χ2v) is 7.48. The molecule has 1 aromatic rings. The van der Waals surface area contributed by atoms with Gasteiger partial charge in [0.25, 0.3) is 0 Å². The highest BCUT2D eigenvalue weighted by Gasteiger charge is 2.37. The van der Waals surface area contributed by atoms with Gasteiger partial charge in [-0.2, -0.15) is 5.26 Å². The maximum Gasteiger partial charge on any atom is 0.214 e. The topological polar surface area (TPSA) is 99.0 Å². The van der Waals surface area contributed by atoms with Crippen molar-refractivity contribution in [2.75, 3.05) is 18.0 Å². The molecule has 1 N–H and O–H groups in total. The highest BCUT2D eigenvalue weighted by molar-refractivity contribution is 7.90. The summed E-state index contributed by atoms with van der Waals surface area (Å²) < 4.78 is 26.8. The molecule has 1 aliphatic heterocycles. The van der Waals surface area contributed by atoms with E-state index in [0.717, 1.165) is 32.2 Å². The quantitative estimate of drug-likeness (QED) is 0.864. The molecule has 1 aromatic heterocycles. The zero-order valence-corrected chi connectivity index (χ0v) is 12.4. The summed E-state index contributed by atoms with van der Waals surface area (Å²) in [4.78, 5) is 10.2. The number of piperidine rings is 1. The zero-order valence-electron chi connectivity index (χ0n) is 11.6. The predicted octanol–water partition coefficient (Wildman–Crippen LogP) is 0.399. The molecule has 0 spiro atoms. The third kappa shape index (κ3) is 3.14. The summed E-state index contributed by atoms with van der Waals surface area (Å²) in [6.45, 7) is 1.29. The van der Waals surface area contributed by atoms with Crippen LogP contribution >= 0.6 is 0 Å².